The van der Waals surface area contributed by atoms with Gasteiger partial charge in [-0.25, -0.2) is 9.37 Å². The van der Waals surface area contributed by atoms with E-state index >= 15 is 0 Å². The molecule has 0 radical (unpaired) electrons. The number of benzene rings is 1. The highest BCUT2D eigenvalue weighted by molar-refractivity contribution is 5.84. The van der Waals surface area contributed by atoms with Crippen molar-refractivity contribution in [2.24, 2.45) is 0 Å². The second-order valence-electron chi connectivity index (χ2n) is 6.65. The van der Waals surface area contributed by atoms with E-state index in [1.54, 1.807) is 19.6 Å². The van der Waals surface area contributed by atoms with Gasteiger partial charge in [-0.1, -0.05) is 12.1 Å². The molecule has 1 aliphatic heterocycles. The van der Waals surface area contributed by atoms with Crippen LogP contribution in [0.15, 0.2) is 43.0 Å². The summed E-state index contributed by atoms with van der Waals surface area (Å²) in [7, 11) is 1.62. The van der Waals surface area contributed by atoms with Crippen molar-refractivity contribution >= 4 is 5.91 Å². The van der Waals surface area contributed by atoms with Crippen LogP contribution in [0.4, 0.5) is 4.39 Å². The van der Waals surface area contributed by atoms with Gasteiger partial charge in [0.15, 0.2) is 0 Å². The summed E-state index contributed by atoms with van der Waals surface area (Å²) >= 11 is 0. The van der Waals surface area contributed by atoms with Gasteiger partial charge in [-0.3, -0.25) is 9.69 Å². The fourth-order valence-corrected chi connectivity index (χ4v) is 3.48. The van der Waals surface area contributed by atoms with E-state index < -0.39 is 5.54 Å². The Morgan fingerprint density at radius 1 is 1.31 bits per heavy atom. The lowest BCUT2D eigenvalue weighted by molar-refractivity contribution is -0.132. The number of aromatic nitrogens is 2. The van der Waals surface area contributed by atoms with Gasteiger partial charge in [-0.05, 0) is 30.5 Å². The molecule has 7 heteroatoms. The van der Waals surface area contributed by atoms with Crippen molar-refractivity contribution in [2.45, 2.75) is 24.9 Å². The minimum Gasteiger partial charge on any atom is -0.383 e. The molecule has 0 unspecified atom stereocenters. The van der Waals surface area contributed by atoms with E-state index in [9.17, 15) is 9.18 Å². The number of nitrogens with one attached hydrogen (secondary N) is 1. The molecule has 140 valence electrons. The molecule has 0 spiro atoms. The normalized spacial score (nSPS) is 17.2. The Morgan fingerprint density at radius 3 is 2.65 bits per heavy atom. The van der Waals surface area contributed by atoms with Crippen LogP contribution in [0.25, 0.3) is 0 Å². The number of hydrogen-bond donors (Lipinski definition) is 1. The Morgan fingerprint density at radius 2 is 2.04 bits per heavy atom. The summed E-state index contributed by atoms with van der Waals surface area (Å²) in [6.07, 6.45) is 6.67. The predicted molar refractivity (Wildman–Crippen MR) is 96.0 cm³/mol. The third-order valence-electron chi connectivity index (χ3n) is 5.02. The van der Waals surface area contributed by atoms with Crippen LogP contribution in [-0.4, -0.2) is 53.7 Å². The molecule has 1 fully saturated rings. The average molecular weight is 360 g/mol. The van der Waals surface area contributed by atoms with Gasteiger partial charge < -0.3 is 14.6 Å². The van der Waals surface area contributed by atoms with Crippen molar-refractivity contribution in [2.75, 3.05) is 33.4 Å². The Hall–Kier alpha value is -2.25. The number of likely N-dealkylation sites (tertiary alicyclic amines) is 1. The van der Waals surface area contributed by atoms with Crippen LogP contribution in [0.1, 0.15) is 18.4 Å². The topological polar surface area (TPSA) is 59.4 Å². The van der Waals surface area contributed by atoms with Crippen LogP contribution in [-0.2, 0) is 21.6 Å². The Balaban J connectivity index is 1.67. The minimum absolute atomic E-state index is 0.00832. The van der Waals surface area contributed by atoms with Crippen molar-refractivity contribution in [3.63, 3.8) is 0 Å². The van der Waals surface area contributed by atoms with Gasteiger partial charge in [0, 0.05) is 45.7 Å². The van der Waals surface area contributed by atoms with Crippen LogP contribution in [0, 0.1) is 5.82 Å². The van der Waals surface area contributed by atoms with Gasteiger partial charge >= 0.3 is 0 Å². The molecule has 2 aromatic rings. The van der Waals surface area contributed by atoms with E-state index in [0.717, 1.165) is 25.2 Å². The van der Waals surface area contributed by atoms with Crippen molar-refractivity contribution < 1.29 is 13.9 Å². The van der Waals surface area contributed by atoms with E-state index in [4.69, 9.17) is 4.74 Å². The maximum Gasteiger partial charge on any atom is 0.246 e. The van der Waals surface area contributed by atoms with Crippen LogP contribution in [0.3, 0.4) is 0 Å². The third-order valence-corrected chi connectivity index (χ3v) is 5.02. The highest BCUT2D eigenvalue weighted by atomic mass is 19.1. The van der Waals surface area contributed by atoms with E-state index in [-0.39, 0.29) is 11.7 Å². The number of hydrogen-bond acceptors (Lipinski definition) is 4. The van der Waals surface area contributed by atoms with Crippen LogP contribution >= 0.6 is 0 Å². The maximum absolute atomic E-state index is 13.1. The van der Waals surface area contributed by atoms with E-state index in [0.29, 0.717) is 26.0 Å². The van der Waals surface area contributed by atoms with Crippen molar-refractivity contribution in [3.8, 4) is 0 Å². The lowest BCUT2D eigenvalue weighted by atomic mass is 9.85. The minimum atomic E-state index is -0.621. The molecule has 0 aliphatic carbocycles. The van der Waals surface area contributed by atoms with Crippen molar-refractivity contribution in [1.29, 1.82) is 0 Å². The molecule has 2 heterocycles. The Kier molecular flexibility index (Phi) is 6.00. The summed E-state index contributed by atoms with van der Waals surface area (Å²) in [5, 5.41) is 2.98. The number of rotatable bonds is 7. The van der Waals surface area contributed by atoms with Crippen LogP contribution in [0.2, 0.25) is 0 Å². The first-order chi connectivity index (χ1) is 12.6. The summed E-state index contributed by atoms with van der Waals surface area (Å²) in [5.41, 5.74) is 0.454. The molecule has 1 aliphatic rings. The van der Waals surface area contributed by atoms with Gasteiger partial charge in [-0.2, -0.15) is 0 Å². The molecule has 0 bridgehead atoms. The largest absolute Gasteiger partial charge is 0.383 e. The Labute approximate surface area is 153 Å². The molecule has 1 aromatic heterocycles. The van der Waals surface area contributed by atoms with Gasteiger partial charge in [-0.15, -0.1) is 0 Å². The van der Waals surface area contributed by atoms with E-state index in [2.05, 4.69) is 15.2 Å². The first-order valence-corrected chi connectivity index (χ1v) is 8.86. The van der Waals surface area contributed by atoms with E-state index in [1.807, 2.05) is 22.9 Å². The second kappa shape index (κ2) is 8.42. The van der Waals surface area contributed by atoms with Crippen molar-refractivity contribution in [1.82, 2.24) is 19.8 Å². The molecule has 1 amide bonds. The molecule has 6 nitrogen and oxygen atoms in total. The van der Waals surface area contributed by atoms with Gasteiger partial charge in [0.05, 0.1) is 12.9 Å². The summed E-state index contributed by atoms with van der Waals surface area (Å²) in [6, 6.07) is 6.59. The zero-order valence-electron chi connectivity index (χ0n) is 15.0. The molecule has 3 rings (SSSR count). The molecule has 26 heavy (non-hydrogen) atoms. The second-order valence-corrected chi connectivity index (χ2v) is 6.65. The summed E-state index contributed by atoms with van der Waals surface area (Å²) in [5.74, 6) is -0.215. The summed E-state index contributed by atoms with van der Waals surface area (Å²) < 4.78 is 20.0. The number of piperidine rings is 1. The lowest BCUT2D eigenvalue weighted by Crippen LogP contribution is -2.55. The Bertz CT molecular complexity index is 695. The first kappa shape index (κ1) is 18.5. The van der Waals surface area contributed by atoms with Crippen LogP contribution in [0.5, 0.6) is 0 Å². The average Bonchev–Trinajstić information content (AvgIpc) is 3.20. The molecular formula is C19H25FN4O2. The SMILES string of the molecule is COCCNC(=O)C1(n2ccnc2)CCN(Cc2ccc(F)cc2)CC1. The maximum atomic E-state index is 13.1. The fourth-order valence-electron chi connectivity index (χ4n) is 3.48. The standard InChI is InChI=1S/C19H25FN4O2/c1-26-13-9-22-18(25)19(24-12-8-21-15-24)6-10-23(11-7-19)14-16-2-4-17(20)5-3-16/h2-5,8,12,15H,6-7,9-11,13-14H2,1H3,(H,22,25). The lowest BCUT2D eigenvalue weighted by Gasteiger charge is -2.41. The zero-order chi connectivity index (χ0) is 18.4. The number of halogens is 1. The molecule has 1 aromatic carbocycles. The monoisotopic (exact) mass is 360 g/mol. The summed E-state index contributed by atoms with van der Waals surface area (Å²) in [6.45, 7) is 3.31. The molecule has 0 saturated carbocycles. The fraction of sp³-hybridized carbons (Fsp3) is 0.474. The smallest absolute Gasteiger partial charge is 0.246 e. The van der Waals surface area contributed by atoms with Gasteiger partial charge in [0.25, 0.3) is 0 Å². The number of amides is 1. The number of ether oxygens (including phenoxy) is 1. The quantitative estimate of drug-likeness (QED) is 0.765. The van der Waals surface area contributed by atoms with Gasteiger partial charge in [0.1, 0.15) is 11.4 Å². The highest BCUT2D eigenvalue weighted by Crippen LogP contribution is 2.31. The zero-order valence-corrected chi connectivity index (χ0v) is 15.0. The number of carbonyl (C=O) groups is 1. The van der Waals surface area contributed by atoms with Gasteiger partial charge in [0.2, 0.25) is 5.91 Å². The highest BCUT2D eigenvalue weighted by Gasteiger charge is 2.42. The molecule has 1 saturated heterocycles. The predicted octanol–water partition coefficient (Wildman–Crippen LogP) is 1.78. The number of nitrogens with zero attached hydrogens (tertiary/aromatic N) is 3. The molecular weight excluding hydrogens is 335 g/mol. The van der Waals surface area contributed by atoms with Crippen molar-refractivity contribution in [3.05, 3.63) is 54.4 Å². The van der Waals surface area contributed by atoms with E-state index in [1.165, 1.54) is 12.1 Å². The number of carbonyl (C=O) groups excluding carboxylic acids is 1. The number of methoxy groups -OCH3 is 1. The van der Waals surface area contributed by atoms with Crippen LogP contribution < -0.4 is 5.32 Å². The first-order valence-electron chi connectivity index (χ1n) is 8.86. The number of imidazole rings is 1. The summed E-state index contributed by atoms with van der Waals surface area (Å²) in [4.78, 5) is 19.3. The molecule has 0 atom stereocenters. The third kappa shape index (κ3) is 4.11. The molecule has 1 N–H and O–H groups in total.